The molecule has 31 heavy (non-hydrogen) atoms. The van der Waals surface area contributed by atoms with Crippen molar-refractivity contribution in [1.29, 1.82) is 0 Å². The van der Waals surface area contributed by atoms with E-state index in [1.807, 2.05) is 0 Å². The number of primary amides is 1. The van der Waals surface area contributed by atoms with Gasteiger partial charge in [0.15, 0.2) is 0 Å². The van der Waals surface area contributed by atoms with Gasteiger partial charge in [-0.05, 0) is 25.7 Å². The van der Waals surface area contributed by atoms with Crippen molar-refractivity contribution in [3.8, 4) is 0 Å². The lowest BCUT2D eigenvalue weighted by Crippen LogP contribution is -2.60. The lowest BCUT2D eigenvalue weighted by atomic mass is 10.0. The van der Waals surface area contributed by atoms with E-state index < -0.39 is 59.9 Å². The average Bonchev–Trinajstić information content (AvgIpc) is 2.66. The Morgan fingerprint density at radius 3 is 1.90 bits per heavy atom. The van der Waals surface area contributed by atoms with Gasteiger partial charge in [-0.3, -0.25) is 19.2 Å². The second-order valence-electron chi connectivity index (χ2n) is 7.61. The van der Waals surface area contributed by atoms with Gasteiger partial charge in [0, 0.05) is 12.2 Å². The van der Waals surface area contributed by atoms with Crippen LogP contribution < -0.4 is 27.4 Å². The molecule has 0 aromatic rings. The molecule has 0 aromatic carbocycles. The highest BCUT2D eigenvalue weighted by molar-refractivity contribution is 7.80. The Labute approximate surface area is 186 Å². The molecule has 13 heteroatoms. The number of aliphatic hydroxyl groups is 1. The zero-order chi connectivity index (χ0) is 24.3. The summed E-state index contributed by atoms with van der Waals surface area (Å²) in [6, 6.07) is -4.96. The summed E-state index contributed by atoms with van der Waals surface area (Å²) in [5.74, 6) is -4.50. The SMILES string of the molecule is CC(C)CC(NC(=O)C(NC(=O)C(CS)NC(=O)C(N)CCC(N)=O)C(C)O)C(=O)O. The van der Waals surface area contributed by atoms with Crippen LogP contribution in [0.3, 0.4) is 0 Å². The van der Waals surface area contributed by atoms with E-state index in [0.717, 1.165) is 0 Å². The van der Waals surface area contributed by atoms with Crippen LogP contribution in [0.15, 0.2) is 0 Å². The van der Waals surface area contributed by atoms with Gasteiger partial charge in [0.1, 0.15) is 18.1 Å². The maximum atomic E-state index is 12.5. The van der Waals surface area contributed by atoms with Crippen molar-refractivity contribution in [2.24, 2.45) is 17.4 Å². The number of hydrogen-bond acceptors (Lipinski definition) is 8. The van der Waals surface area contributed by atoms with E-state index in [1.54, 1.807) is 13.8 Å². The van der Waals surface area contributed by atoms with E-state index in [1.165, 1.54) is 6.92 Å². The van der Waals surface area contributed by atoms with Crippen LogP contribution in [-0.4, -0.2) is 75.8 Å². The number of thiol groups is 1. The van der Waals surface area contributed by atoms with Gasteiger partial charge in [0.25, 0.3) is 0 Å². The quantitative estimate of drug-likeness (QED) is 0.128. The second kappa shape index (κ2) is 13.8. The summed E-state index contributed by atoms with van der Waals surface area (Å²) >= 11 is 4.00. The number of amides is 4. The number of aliphatic hydroxyl groups excluding tert-OH is 1. The summed E-state index contributed by atoms with van der Waals surface area (Å²) in [7, 11) is 0. The van der Waals surface area contributed by atoms with Crippen LogP contribution in [0.4, 0.5) is 0 Å². The average molecular weight is 464 g/mol. The van der Waals surface area contributed by atoms with Crippen LogP contribution in [0.1, 0.15) is 40.0 Å². The molecule has 5 atom stereocenters. The molecule has 178 valence electrons. The van der Waals surface area contributed by atoms with Crippen LogP contribution in [0, 0.1) is 5.92 Å². The predicted molar refractivity (Wildman–Crippen MR) is 115 cm³/mol. The fourth-order valence-corrected chi connectivity index (χ4v) is 2.77. The number of aliphatic carboxylic acids is 1. The zero-order valence-electron chi connectivity index (χ0n) is 17.8. The van der Waals surface area contributed by atoms with E-state index in [-0.39, 0.29) is 30.9 Å². The van der Waals surface area contributed by atoms with Crippen LogP contribution in [0.25, 0.3) is 0 Å². The molecule has 4 amide bonds. The summed E-state index contributed by atoms with van der Waals surface area (Å²) in [5, 5.41) is 26.1. The highest BCUT2D eigenvalue weighted by Gasteiger charge is 2.32. The van der Waals surface area contributed by atoms with Gasteiger partial charge >= 0.3 is 5.97 Å². The minimum Gasteiger partial charge on any atom is -0.480 e. The van der Waals surface area contributed by atoms with E-state index in [0.29, 0.717) is 0 Å². The molecule has 0 bridgehead atoms. The third kappa shape index (κ3) is 11.0. The standard InChI is InChI=1S/C18H33N5O7S/c1-8(2)6-11(18(29)30)21-17(28)14(9(3)24)23-16(27)12(7-31)22-15(26)10(19)4-5-13(20)25/h8-12,14,24,31H,4-7,19H2,1-3H3,(H2,20,25)(H,21,28)(H,22,26)(H,23,27)(H,29,30). The molecular weight excluding hydrogens is 430 g/mol. The molecule has 0 aromatic heterocycles. The first-order valence-electron chi connectivity index (χ1n) is 9.76. The maximum Gasteiger partial charge on any atom is 0.326 e. The smallest absolute Gasteiger partial charge is 0.326 e. The van der Waals surface area contributed by atoms with Crippen LogP contribution >= 0.6 is 12.6 Å². The third-order valence-corrected chi connectivity index (χ3v) is 4.60. The van der Waals surface area contributed by atoms with Gasteiger partial charge in [0.05, 0.1) is 12.1 Å². The summed E-state index contributed by atoms with van der Waals surface area (Å²) < 4.78 is 0. The molecule has 5 unspecified atom stereocenters. The van der Waals surface area contributed by atoms with Crippen molar-refractivity contribution in [2.45, 2.75) is 70.3 Å². The monoisotopic (exact) mass is 463 g/mol. The Bertz CT molecular complexity index is 659. The maximum absolute atomic E-state index is 12.5. The Morgan fingerprint density at radius 2 is 1.48 bits per heavy atom. The lowest BCUT2D eigenvalue weighted by Gasteiger charge is -2.26. The molecule has 0 aliphatic rings. The first-order chi connectivity index (χ1) is 14.3. The molecule has 0 radical (unpaired) electrons. The van der Waals surface area contributed by atoms with Crippen molar-refractivity contribution in [1.82, 2.24) is 16.0 Å². The zero-order valence-corrected chi connectivity index (χ0v) is 18.7. The number of nitrogens with two attached hydrogens (primary N) is 2. The van der Waals surface area contributed by atoms with Crippen LogP contribution in [0.2, 0.25) is 0 Å². The number of hydrogen-bond donors (Lipinski definition) is 8. The minimum atomic E-state index is -1.47. The predicted octanol–water partition coefficient (Wildman–Crippen LogP) is -2.53. The highest BCUT2D eigenvalue weighted by atomic mass is 32.1. The summed E-state index contributed by atoms with van der Waals surface area (Å²) in [5.41, 5.74) is 10.7. The van der Waals surface area contributed by atoms with Gasteiger partial charge in [-0.15, -0.1) is 0 Å². The summed E-state index contributed by atoms with van der Waals surface area (Å²) in [6.45, 7) is 4.81. The van der Waals surface area contributed by atoms with E-state index in [2.05, 4.69) is 28.6 Å². The minimum absolute atomic E-state index is 0.0206. The highest BCUT2D eigenvalue weighted by Crippen LogP contribution is 2.06. The molecule has 0 rings (SSSR count). The number of carbonyl (C=O) groups excluding carboxylic acids is 4. The van der Waals surface area contributed by atoms with Crippen molar-refractivity contribution in [3.05, 3.63) is 0 Å². The van der Waals surface area contributed by atoms with Crippen molar-refractivity contribution < 1.29 is 34.2 Å². The summed E-state index contributed by atoms with van der Waals surface area (Å²) in [4.78, 5) is 59.3. The van der Waals surface area contributed by atoms with Crippen LogP contribution in [-0.2, 0) is 24.0 Å². The molecule has 0 saturated carbocycles. The van der Waals surface area contributed by atoms with E-state index >= 15 is 0 Å². The van der Waals surface area contributed by atoms with Crippen molar-refractivity contribution in [2.75, 3.05) is 5.75 Å². The van der Waals surface area contributed by atoms with Gasteiger partial charge in [0.2, 0.25) is 23.6 Å². The molecule has 0 fully saturated rings. The molecule has 0 saturated heterocycles. The Hall–Kier alpha value is -2.38. The Balaban J connectivity index is 5.14. The van der Waals surface area contributed by atoms with Gasteiger partial charge in [-0.25, -0.2) is 4.79 Å². The molecule has 12 nitrogen and oxygen atoms in total. The molecule has 0 heterocycles. The van der Waals surface area contributed by atoms with Crippen molar-refractivity contribution in [3.63, 3.8) is 0 Å². The molecule has 9 N–H and O–H groups in total. The fourth-order valence-electron chi connectivity index (χ4n) is 2.52. The van der Waals surface area contributed by atoms with E-state index in [4.69, 9.17) is 11.5 Å². The molecular formula is C18H33N5O7S. The summed E-state index contributed by atoms with van der Waals surface area (Å²) in [6.07, 6.45) is -1.34. The first kappa shape index (κ1) is 28.6. The largest absolute Gasteiger partial charge is 0.480 e. The number of carboxylic acid groups (broad SMARTS) is 1. The number of rotatable bonds is 14. The fraction of sp³-hybridized carbons (Fsp3) is 0.722. The Morgan fingerprint density at radius 1 is 0.935 bits per heavy atom. The van der Waals surface area contributed by atoms with Gasteiger partial charge < -0.3 is 37.6 Å². The molecule has 0 spiro atoms. The normalized spacial score (nSPS) is 15.8. The number of carboxylic acids is 1. The van der Waals surface area contributed by atoms with Gasteiger partial charge in [-0.2, -0.15) is 12.6 Å². The topological polar surface area (TPSA) is 214 Å². The third-order valence-electron chi connectivity index (χ3n) is 4.24. The first-order valence-corrected chi connectivity index (χ1v) is 10.4. The molecule has 0 aliphatic carbocycles. The van der Waals surface area contributed by atoms with Crippen molar-refractivity contribution >= 4 is 42.2 Å². The number of carbonyl (C=O) groups is 5. The Kier molecular flexibility index (Phi) is 12.8. The van der Waals surface area contributed by atoms with Gasteiger partial charge in [-0.1, -0.05) is 13.8 Å². The lowest BCUT2D eigenvalue weighted by molar-refractivity contribution is -0.143. The van der Waals surface area contributed by atoms with E-state index in [9.17, 15) is 34.2 Å². The van der Waals surface area contributed by atoms with Crippen LogP contribution in [0.5, 0.6) is 0 Å². The molecule has 0 aliphatic heterocycles. The second-order valence-corrected chi connectivity index (χ2v) is 7.98. The number of nitrogens with one attached hydrogen (secondary N) is 3.